The standard InChI is InChI=1S/C13H15F2N7O2/c1-17-13(23)24-8-5-21(6-8)10-2-9(19-12(16)20-10)7-3-18-22(4-7)11(14)15/h2-4,8,11H,5-6H2,1H3,(H,17,23)(H2,16,19,20). The molecular formula is C13H15F2N7O2. The van der Waals surface area contributed by atoms with Crippen LogP contribution in [0.4, 0.5) is 25.3 Å². The number of nitrogens with one attached hydrogen (secondary N) is 1. The molecule has 0 unspecified atom stereocenters. The molecule has 11 heteroatoms. The summed E-state index contributed by atoms with van der Waals surface area (Å²) in [7, 11) is 1.48. The number of anilines is 2. The summed E-state index contributed by atoms with van der Waals surface area (Å²) < 4.78 is 30.9. The van der Waals surface area contributed by atoms with Crippen LogP contribution in [0.1, 0.15) is 6.55 Å². The maximum Gasteiger partial charge on any atom is 0.407 e. The van der Waals surface area contributed by atoms with E-state index in [-0.39, 0.29) is 12.1 Å². The van der Waals surface area contributed by atoms with Crippen LogP contribution in [-0.4, -0.2) is 52.1 Å². The summed E-state index contributed by atoms with van der Waals surface area (Å²) in [5.41, 5.74) is 6.49. The maximum absolute atomic E-state index is 12.6. The molecule has 1 aliphatic rings. The lowest BCUT2D eigenvalue weighted by molar-refractivity contribution is 0.0566. The highest BCUT2D eigenvalue weighted by Crippen LogP contribution is 2.26. The third-order valence-electron chi connectivity index (χ3n) is 3.48. The molecule has 0 bridgehead atoms. The molecular weight excluding hydrogens is 324 g/mol. The summed E-state index contributed by atoms with van der Waals surface area (Å²) in [6.07, 6.45) is 1.72. The van der Waals surface area contributed by atoms with E-state index in [0.29, 0.717) is 34.8 Å². The van der Waals surface area contributed by atoms with Gasteiger partial charge in [-0.15, -0.1) is 0 Å². The van der Waals surface area contributed by atoms with E-state index in [4.69, 9.17) is 10.5 Å². The molecule has 2 aromatic heterocycles. The van der Waals surface area contributed by atoms with Gasteiger partial charge in [-0.3, -0.25) is 0 Å². The van der Waals surface area contributed by atoms with Crippen molar-refractivity contribution >= 4 is 17.9 Å². The van der Waals surface area contributed by atoms with Gasteiger partial charge < -0.3 is 20.7 Å². The Balaban J connectivity index is 1.74. The summed E-state index contributed by atoms with van der Waals surface area (Å²) in [5, 5.41) is 5.95. The fourth-order valence-electron chi connectivity index (χ4n) is 2.25. The lowest BCUT2D eigenvalue weighted by atomic mass is 10.1. The first kappa shape index (κ1) is 15.9. The topological polar surface area (TPSA) is 111 Å². The van der Waals surface area contributed by atoms with Crippen molar-refractivity contribution in [2.24, 2.45) is 0 Å². The molecule has 0 aromatic carbocycles. The number of carbonyl (C=O) groups excluding carboxylic acids is 1. The Hall–Kier alpha value is -2.98. The second kappa shape index (κ2) is 6.26. The lowest BCUT2D eigenvalue weighted by Gasteiger charge is -2.39. The van der Waals surface area contributed by atoms with Crippen LogP contribution >= 0.6 is 0 Å². The number of alkyl halides is 2. The number of alkyl carbamates (subject to hydrolysis) is 1. The molecule has 24 heavy (non-hydrogen) atoms. The van der Waals surface area contributed by atoms with Gasteiger partial charge in [0.05, 0.1) is 25.0 Å². The number of carbonyl (C=O) groups is 1. The van der Waals surface area contributed by atoms with E-state index in [0.717, 1.165) is 0 Å². The van der Waals surface area contributed by atoms with Crippen molar-refractivity contribution in [1.29, 1.82) is 0 Å². The second-order valence-electron chi connectivity index (χ2n) is 5.14. The van der Waals surface area contributed by atoms with Gasteiger partial charge in [-0.05, 0) is 0 Å². The summed E-state index contributed by atoms with van der Waals surface area (Å²) >= 11 is 0. The van der Waals surface area contributed by atoms with E-state index < -0.39 is 12.6 Å². The molecule has 0 saturated carbocycles. The summed E-state index contributed by atoms with van der Waals surface area (Å²) in [6, 6.07) is 1.62. The van der Waals surface area contributed by atoms with Crippen molar-refractivity contribution in [3.63, 3.8) is 0 Å². The highest BCUT2D eigenvalue weighted by molar-refractivity contribution is 5.68. The van der Waals surface area contributed by atoms with Gasteiger partial charge in [-0.25, -0.2) is 14.5 Å². The number of nitrogen functional groups attached to an aromatic ring is 1. The van der Waals surface area contributed by atoms with Gasteiger partial charge in [0.15, 0.2) is 0 Å². The quantitative estimate of drug-likeness (QED) is 0.850. The zero-order valence-electron chi connectivity index (χ0n) is 12.7. The van der Waals surface area contributed by atoms with Crippen molar-refractivity contribution in [1.82, 2.24) is 25.1 Å². The lowest BCUT2D eigenvalue weighted by Crippen LogP contribution is -2.54. The van der Waals surface area contributed by atoms with E-state index in [2.05, 4.69) is 20.4 Å². The third kappa shape index (κ3) is 3.19. The zero-order chi connectivity index (χ0) is 17.3. The monoisotopic (exact) mass is 339 g/mol. The SMILES string of the molecule is CNC(=O)OC1CN(c2cc(-c3cnn(C(F)F)c3)nc(N)n2)C1. The minimum Gasteiger partial charge on any atom is -0.442 e. The van der Waals surface area contributed by atoms with Gasteiger partial charge in [0.2, 0.25) is 5.95 Å². The number of nitrogens with two attached hydrogens (primary N) is 1. The minimum atomic E-state index is -2.73. The van der Waals surface area contributed by atoms with E-state index in [9.17, 15) is 13.6 Å². The predicted octanol–water partition coefficient (Wildman–Crippen LogP) is 0.862. The first-order chi connectivity index (χ1) is 11.5. The number of nitrogens with zero attached hydrogens (tertiary/aromatic N) is 5. The molecule has 3 rings (SSSR count). The van der Waals surface area contributed by atoms with Crippen LogP contribution < -0.4 is 16.0 Å². The van der Waals surface area contributed by atoms with Crippen LogP contribution in [0.2, 0.25) is 0 Å². The highest BCUT2D eigenvalue weighted by Gasteiger charge is 2.31. The first-order valence-electron chi connectivity index (χ1n) is 7.07. The van der Waals surface area contributed by atoms with Crippen LogP contribution in [-0.2, 0) is 4.74 Å². The Morgan fingerprint density at radius 3 is 2.83 bits per heavy atom. The maximum atomic E-state index is 12.6. The largest absolute Gasteiger partial charge is 0.442 e. The smallest absolute Gasteiger partial charge is 0.407 e. The average molecular weight is 339 g/mol. The Labute approximate surface area is 135 Å². The fraction of sp³-hybridized carbons (Fsp3) is 0.385. The molecule has 1 fully saturated rings. The van der Waals surface area contributed by atoms with Crippen molar-refractivity contribution in [3.8, 4) is 11.3 Å². The van der Waals surface area contributed by atoms with Gasteiger partial charge in [0, 0.05) is 24.9 Å². The van der Waals surface area contributed by atoms with Crippen LogP contribution in [0.15, 0.2) is 18.5 Å². The second-order valence-corrected chi connectivity index (χ2v) is 5.14. The summed E-state index contributed by atoms with van der Waals surface area (Å²) in [4.78, 5) is 21.1. The summed E-state index contributed by atoms with van der Waals surface area (Å²) in [6.45, 7) is -1.81. The Kier molecular flexibility index (Phi) is 4.15. The van der Waals surface area contributed by atoms with Crippen molar-refractivity contribution in [2.75, 3.05) is 30.8 Å². The number of hydrogen-bond donors (Lipinski definition) is 2. The molecule has 3 N–H and O–H groups in total. The Bertz CT molecular complexity index is 746. The molecule has 1 amide bonds. The summed E-state index contributed by atoms with van der Waals surface area (Å²) in [5.74, 6) is 0.544. The predicted molar refractivity (Wildman–Crippen MR) is 80.5 cm³/mol. The Morgan fingerprint density at radius 1 is 1.46 bits per heavy atom. The van der Waals surface area contributed by atoms with Crippen molar-refractivity contribution < 1.29 is 18.3 Å². The van der Waals surface area contributed by atoms with Crippen LogP contribution in [0.5, 0.6) is 0 Å². The van der Waals surface area contributed by atoms with E-state index in [1.807, 2.05) is 4.90 Å². The van der Waals surface area contributed by atoms with E-state index >= 15 is 0 Å². The van der Waals surface area contributed by atoms with Crippen LogP contribution in [0.25, 0.3) is 11.3 Å². The van der Waals surface area contributed by atoms with Gasteiger partial charge >= 0.3 is 12.6 Å². The molecule has 0 spiro atoms. The molecule has 1 saturated heterocycles. The number of aromatic nitrogens is 4. The Morgan fingerprint density at radius 2 is 2.21 bits per heavy atom. The van der Waals surface area contributed by atoms with E-state index in [1.54, 1.807) is 6.07 Å². The first-order valence-corrected chi connectivity index (χ1v) is 7.07. The third-order valence-corrected chi connectivity index (χ3v) is 3.48. The van der Waals surface area contributed by atoms with Crippen molar-refractivity contribution in [3.05, 3.63) is 18.5 Å². The zero-order valence-corrected chi connectivity index (χ0v) is 12.7. The number of ether oxygens (including phenoxy) is 1. The molecule has 128 valence electrons. The van der Waals surface area contributed by atoms with Crippen LogP contribution in [0.3, 0.4) is 0 Å². The number of halogens is 2. The highest BCUT2D eigenvalue weighted by atomic mass is 19.3. The average Bonchev–Trinajstić information content (AvgIpc) is 2.99. The van der Waals surface area contributed by atoms with Crippen LogP contribution in [0, 0.1) is 0 Å². The minimum absolute atomic E-state index is 0.0166. The van der Waals surface area contributed by atoms with Gasteiger partial charge in [-0.1, -0.05) is 0 Å². The van der Waals surface area contributed by atoms with E-state index in [1.165, 1.54) is 19.4 Å². The van der Waals surface area contributed by atoms with Gasteiger partial charge in [-0.2, -0.15) is 18.9 Å². The number of amides is 1. The van der Waals surface area contributed by atoms with Gasteiger partial charge in [0.1, 0.15) is 11.9 Å². The number of hydrogen-bond acceptors (Lipinski definition) is 7. The molecule has 0 radical (unpaired) electrons. The molecule has 0 aliphatic carbocycles. The molecule has 1 aliphatic heterocycles. The molecule has 2 aromatic rings. The molecule has 3 heterocycles. The van der Waals surface area contributed by atoms with Gasteiger partial charge in [0.25, 0.3) is 0 Å². The normalized spacial score (nSPS) is 14.6. The van der Waals surface area contributed by atoms with Crippen molar-refractivity contribution in [2.45, 2.75) is 12.7 Å². The number of rotatable bonds is 4. The molecule has 0 atom stereocenters. The molecule has 9 nitrogen and oxygen atoms in total. The fourth-order valence-corrected chi connectivity index (χ4v) is 2.25.